The summed E-state index contributed by atoms with van der Waals surface area (Å²) in [5.41, 5.74) is 8.31. The van der Waals surface area contributed by atoms with Gasteiger partial charge in [-0.1, -0.05) is 48.5 Å². The third-order valence-corrected chi connectivity index (χ3v) is 2.63. The topological polar surface area (TPSA) is 35.2 Å². The van der Waals surface area contributed by atoms with Gasteiger partial charge in [-0.15, -0.1) is 0 Å². The van der Waals surface area contributed by atoms with Gasteiger partial charge in [0.25, 0.3) is 0 Å². The molecule has 0 aliphatic rings. The Morgan fingerprint density at radius 1 is 0.938 bits per heavy atom. The van der Waals surface area contributed by atoms with Gasteiger partial charge in [-0.3, -0.25) is 0 Å². The lowest BCUT2D eigenvalue weighted by Gasteiger charge is -2.15. The SMILES string of the molecule is COc1ccccc1C(N)c1ccccc1. The van der Waals surface area contributed by atoms with Crippen LogP contribution in [0.5, 0.6) is 5.75 Å². The fourth-order valence-electron chi connectivity index (χ4n) is 1.76. The Bertz CT molecular complexity index is 453. The van der Waals surface area contributed by atoms with Crippen LogP contribution in [0.15, 0.2) is 54.6 Å². The van der Waals surface area contributed by atoms with Crippen LogP contribution in [-0.4, -0.2) is 7.11 Å². The van der Waals surface area contributed by atoms with Crippen molar-refractivity contribution in [2.45, 2.75) is 6.04 Å². The van der Waals surface area contributed by atoms with Gasteiger partial charge in [-0.05, 0) is 11.6 Å². The number of hydrogen-bond donors (Lipinski definition) is 1. The molecule has 0 radical (unpaired) electrons. The van der Waals surface area contributed by atoms with Crippen molar-refractivity contribution in [3.63, 3.8) is 0 Å². The maximum atomic E-state index is 6.21. The predicted molar refractivity (Wildman–Crippen MR) is 65.5 cm³/mol. The van der Waals surface area contributed by atoms with Crippen LogP contribution >= 0.6 is 0 Å². The van der Waals surface area contributed by atoms with Gasteiger partial charge < -0.3 is 10.5 Å². The van der Waals surface area contributed by atoms with Crippen LogP contribution < -0.4 is 10.5 Å². The van der Waals surface area contributed by atoms with Crippen molar-refractivity contribution in [2.75, 3.05) is 7.11 Å². The average Bonchev–Trinajstić information content (AvgIpc) is 2.39. The zero-order valence-electron chi connectivity index (χ0n) is 9.26. The number of hydrogen-bond acceptors (Lipinski definition) is 2. The van der Waals surface area contributed by atoms with Gasteiger partial charge in [-0.2, -0.15) is 0 Å². The van der Waals surface area contributed by atoms with Crippen molar-refractivity contribution >= 4 is 0 Å². The maximum absolute atomic E-state index is 6.21. The number of methoxy groups -OCH3 is 1. The summed E-state index contributed by atoms with van der Waals surface area (Å²) >= 11 is 0. The summed E-state index contributed by atoms with van der Waals surface area (Å²) < 4.78 is 5.31. The van der Waals surface area contributed by atoms with E-state index in [-0.39, 0.29) is 6.04 Å². The van der Waals surface area contributed by atoms with Gasteiger partial charge in [0.05, 0.1) is 13.2 Å². The van der Waals surface area contributed by atoms with Crippen molar-refractivity contribution in [2.24, 2.45) is 5.73 Å². The van der Waals surface area contributed by atoms with Crippen molar-refractivity contribution < 1.29 is 4.74 Å². The molecule has 0 amide bonds. The summed E-state index contributed by atoms with van der Waals surface area (Å²) in [6.07, 6.45) is 0. The zero-order chi connectivity index (χ0) is 11.4. The number of ether oxygens (including phenoxy) is 1. The predicted octanol–water partition coefficient (Wildman–Crippen LogP) is 2.74. The normalized spacial score (nSPS) is 12.1. The van der Waals surface area contributed by atoms with Crippen LogP contribution in [0.25, 0.3) is 0 Å². The van der Waals surface area contributed by atoms with Gasteiger partial charge >= 0.3 is 0 Å². The average molecular weight is 213 g/mol. The van der Waals surface area contributed by atoms with Crippen LogP contribution in [0.1, 0.15) is 17.2 Å². The molecule has 0 aliphatic carbocycles. The second kappa shape index (κ2) is 4.81. The fraction of sp³-hybridized carbons (Fsp3) is 0.143. The van der Waals surface area contributed by atoms with E-state index in [2.05, 4.69) is 0 Å². The van der Waals surface area contributed by atoms with E-state index in [1.165, 1.54) is 0 Å². The molecule has 0 spiro atoms. The van der Waals surface area contributed by atoms with E-state index in [1.807, 2.05) is 54.6 Å². The molecule has 2 nitrogen and oxygen atoms in total. The lowest BCUT2D eigenvalue weighted by atomic mass is 9.99. The first-order valence-electron chi connectivity index (χ1n) is 5.26. The molecular weight excluding hydrogens is 198 g/mol. The Hall–Kier alpha value is -1.80. The third-order valence-electron chi connectivity index (χ3n) is 2.63. The lowest BCUT2D eigenvalue weighted by Crippen LogP contribution is -2.12. The molecule has 0 saturated heterocycles. The molecule has 2 rings (SSSR count). The highest BCUT2D eigenvalue weighted by molar-refractivity contribution is 5.41. The van der Waals surface area contributed by atoms with E-state index in [9.17, 15) is 0 Å². The quantitative estimate of drug-likeness (QED) is 0.850. The number of rotatable bonds is 3. The van der Waals surface area contributed by atoms with Crippen molar-refractivity contribution in [1.29, 1.82) is 0 Å². The van der Waals surface area contributed by atoms with E-state index < -0.39 is 0 Å². The Morgan fingerprint density at radius 3 is 2.25 bits per heavy atom. The molecule has 2 aromatic rings. The Kier molecular flexibility index (Phi) is 3.22. The molecule has 0 bridgehead atoms. The van der Waals surface area contributed by atoms with E-state index in [1.54, 1.807) is 7.11 Å². The second-order valence-electron chi connectivity index (χ2n) is 3.63. The second-order valence-corrected chi connectivity index (χ2v) is 3.63. The first kappa shape index (κ1) is 10.7. The zero-order valence-corrected chi connectivity index (χ0v) is 9.26. The van der Waals surface area contributed by atoms with Crippen molar-refractivity contribution in [1.82, 2.24) is 0 Å². The highest BCUT2D eigenvalue weighted by Crippen LogP contribution is 2.27. The van der Waals surface area contributed by atoms with E-state index in [4.69, 9.17) is 10.5 Å². The van der Waals surface area contributed by atoms with Crippen LogP contribution in [0.3, 0.4) is 0 Å². The standard InChI is InChI=1S/C14H15NO/c1-16-13-10-6-5-9-12(13)14(15)11-7-3-2-4-8-11/h2-10,14H,15H2,1H3. The van der Waals surface area contributed by atoms with Crippen LogP contribution in [0.2, 0.25) is 0 Å². The smallest absolute Gasteiger partial charge is 0.123 e. The largest absolute Gasteiger partial charge is 0.496 e. The molecule has 0 aliphatic heterocycles. The maximum Gasteiger partial charge on any atom is 0.123 e. The third kappa shape index (κ3) is 2.07. The molecule has 82 valence electrons. The van der Waals surface area contributed by atoms with Crippen LogP contribution in [0, 0.1) is 0 Å². The minimum atomic E-state index is -0.141. The molecule has 1 atom stereocenters. The minimum absolute atomic E-state index is 0.141. The van der Waals surface area contributed by atoms with Gasteiger partial charge in [0.15, 0.2) is 0 Å². The minimum Gasteiger partial charge on any atom is -0.496 e. The van der Waals surface area contributed by atoms with E-state index in [0.29, 0.717) is 0 Å². The van der Waals surface area contributed by atoms with Gasteiger partial charge in [-0.25, -0.2) is 0 Å². The summed E-state index contributed by atoms with van der Waals surface area (Å²) in [6, 6.07) is 17.7. The van der Waals surface area contributed by atoms with E-state index >= 15 is 0 Å². The number of benzene rings is 2. The molecule has 2 aromatic carbocycles. The first-order valence-corrected chi connectivity index (χ1v) is 5.26. The molecule has 0 aromatic heterocycles. The Labute approximate surface area is 95.7 Å². The molecule has 2 heteroatoms. The summed E-state index contributed by atoms with van der Waals surface area (Å²) in [5.74, 6) is 0.832. The summed E-state index contributed by atoms with van der Waals surface area (Å²) in [4.78, 5) is 0. The van der Waals surface area contributed by atoms with Crippen molar-refractivity contribution in [3.8, 4) is 5.75 Å². The highest BCUT2D eigenvalue weighted by atomic mass is 16.5. The fourth-order valence-corrected chi connectivity index (χ4v) is 1.76. The molecule has 0 heterocycles. The molecule has 0 saturated carbocycles. The van der Waals surface area contributed by atoms with Gasteiger partial charge in [0.1, 0.15) is 5.75 Å². The van der Waals surface area contributed by atoms with Crippen LogP contribution in [0.4, 0.5) is 0 Å². The van der Waals surface area contributed by atoms with Crippen molar-refractivity contribution in [3.05, 3.63) is 65.7 Å². The lowest BCUT2D eigenvalue weighted by molar-refractivity contribution is 0.408. The van der Waals surface area contributed by atoms with Gasteiger partial charge in [0.2, 0.25) is 0 Å². The molecule has 2 N–H and O–H groups in total. The first-order chi connectivity index (χ1) is 7.83. The molecule has 1 unspecified atom stereocenters. The highest BCUT2D eigenvalue weighted by Gasteiger charge is 2.12. The van der Waals surface area contributed by atoms with Gasteiger partial charge in [0, 0.05) is 5.56 Å². The number of nitrogens with two attached hydrogens (primary N) is 1. The molecular formula is C14H15NO. The molecule has 0 fully saturated rings. The van der Waals surface area contributed by atoms with Crippen LogP contribution in [-0.2, 0) is 0 Å². The monoisotopic (exact) mass is 213 g/mol. The summed E-state index contributed by atoms with van der Waals surface area (Å²) in [6.45, 7) is 0. The van der Waals surface area contributed by atoms with E-state index in [0.717, 1.165) is 16.9 Å². The summed E-state index contributed by atoms with van der Waals surface area (Å²) in [5, 5.41) is 0. The Morgan fingerprint density at radius 2 is 1.56 bits per heavy atom. The number of para-hydroxylation sites is 1. The molecule has 16 heavy (non-hydrogen) atoms. The summed E-state index contributed by atoms with van der Waals surface area (Å²) in [7, 11) is 1.66. The Balaban J connectivity index is 2.37.